The van der Waals surface area contributed by atoms with E-state index in [4.69, 9.17) is 9.47 Å². The van der Waals surface area contributed by atoms with Crippen LogP contribution in [-0.4, -0.2) is 33.6 Å². The molecule has 0 fully saturated rings. The van der Waals surface area contributed by atoms with Gasteiger partial charge in [-0.25, -0.2) is 4.98 Å². The molecule has 0 aliphatic carbocycles. The van der Waals surface area contributed by atoms with Crippen molar-refractivity contribution < 1.29 is 19.2 Å². The minimum absolute atomic E-state index is 0.179. The summed E-state index contributed by atoms with van der Waals surface area (Å²) >= 11 is 0. The molecular weight excluding hydrogens is 376 g/mol. The van der Waals surface area contributed by atoms with Gasteiger partial charge in [0, 0.05) is 12.4 Å². The quantitative estimate of drug-likeness (QED) is 0.336. The Kier molecular flexibility index (Phi) is 6.41. The Morgan fingerprint density at radius 2 is 2.07 bits per heavy atom. The van der Waals surface area contributed by atoms with Crippen LogP contribution in [0, 0.1) is 10.1 Å². The zero-order valence-electron chi connectivity index (χ0n) is 15.8. The third-order valence-corrected chi connectivity index (χ3v) is 4.02. The van der Waals surface area contributed by atoms with E-state index in [9.17, 15) is 14.9 Å². The maximum Gasteiger partial charge on any atom is 0.325 e. The van der Waals surface area contributed by atoms with Gasteiger partial charge in [0.2, 0.25) is 0 Å². The van der Waals surface area contributed by atoms with Crippen LogP contribution in [0.5, 0.6) is 5.75 Å². The van der Waals surface area contributed by atoms with Crippen molar-refractivity contribution >= 4 is 17.3 Å². The zero-order chi connectivity index (χ0) is 20.6. The molecule has 1 aromatic heterocycles. The fourth-order valence-electron chi connectivity index (χ4n) is 2.68. The number of hydrogen-bond donors (Lipinski definition) is 1. The minimum Gasteiger partial charge on any atom is -0.486 e. The molecule has 0 amide bonds. The lowest BCUT2D eigenvalue weighted by Gasteiger charge is -2.15. The fraction of sp³-hybridized carbons (Fsp3) is 0.200. The van der Waals surface area contributed by atoms with Gasteiger partial charge < -0.3 is 19.4 Å². The van der Waals surface area contributed by atoms with E-state index in [1.54, 1.807) is 36.3 Å². The van der Waals surface area contributed by atoms with E-state index in [1.165, 1.54) is 6.07 Å². The van der Waals surface area contributed by atoms with Gasteiger partial charge in [-0.15, -0.1) is 0 Å². The van der Waals surface area contributed by atoms with Gasteiger partial charge in [0.1, 0.15) is 18.8 Å². The van der Waals surface area contributed by atoms with E-state index >= 15 is 0 Å². The molecule has 0 unspecified atom stereocenters. The number of nitro benzene ring substituents is 1. The van der Waals surface area contributed by atoms with Crippen molar-refractivity contribution in [2.75, 3.05) is 18.5 Å². The van der Waals surface area contributed by atoms with Gasteiger partial charge in [0.05, 0.1) is 29.6 Å². The van der Waals surface area contributed by atoms with E-state index in [0.717, 1.165) is 5.56 Å². The fourth-order valence-corrected chi connectivity index (χ4v) is 2.68. The first-order valence-electron chi connectivity index (χ1n) is 8.95. The summed E-state index contributed by atoms with van der Waals surface area (Å²) in [5, 5.41) is 14.4. The third-order valence-electron chi connectivity index (χ3n) is 4.02. The summed E-state index contributed by atoms with van der Waals surface area (Å²) in [6, 6.07) is 12.4. The number of aromatic nitrogens is 2. The number of carbonyl (C=O) groups is 1. The summed E-state index contributed by atoms with van der Waals surface area (Å²) in [7, 11) is 0. The van der Waals surface area contributed by atoms with Crippen molar-refractivity contribution in [2.45, 2.75) is 13.5 Å². The first-order chi connectivity index (χ1) is 14.1. The Morgan fingerprint density at radius 3 is 2.72 bits per heavy atom. The lowest BCUT2D eigenvalue weighted by molar-refractivity contribution is -0.384. The number of ether oxygens (including phenoxy) is 2. The molecule has 3 aromatic rings. The van der Waals surface area contributed by atoms with Gasteiger partial charge in [-0.1, -0.05) is 30.3 Å². The number of hydrogen-bond acceptors (Lipinski definition) is 7. The first kappa shape index (κ1) is 19.9. The molecule has 29 heavy (non-hydrogen) atoms. The predicted molar refractivity (Wildman–Crippen MR) is 106 cm³/mol. The smallest absolute Gasteiger partial charge is 0.325 e. The average molecular weight is 396 g/mol. The molecule has 0 bridgehead atoms. The zero-order valence-corrected chi connectivity index (χ0v) is 15.8. The van der Waals surface area contributed by atoms with Crippen LogP contribution in [0.1, 0.15) is 12.5 Å². The van der Waals surface area contributed by atoms with Crippen molar-refractivity contribution in [3.63, 3.8) is 0 Å². The molecule has 0 radical (unpaired) electrons. The summed E-state index contributed by atoms with van der Waals surface area (Å²) in [5.74, 6) is -0.185. The molecule has 1 N–H and O–H groups in total. The lowest BCUT2D eigenvalue weighted by atomic mass is 10.2. The van der Waals surface area contributed by atoms with Gasteiger partial charge in [-0.3, -0.25) is 14.9 Å². The number of anilines is 1. The largest absolute Gasteiger partial charge is 0.486 e. The number of nitrogens with zero attached hydrogens (tertiary/aromatic N) is 3. The van der Waals surface area contributed by atoms with Crippen molar-refractivity contribution in [1.82, 2.24) is 9.55 Å². The highest BCUT2D eigenvalue weighted by Gasteiger charge is 2.21. The molecule has 0 spiro atoms. The van der Waals surface area contributed by atoms with Gasteiger partial charge in [-0.2, -0.15) is 0 Å². The standard InChI is InChI=1S/C20H20N4O5/c1-2-28-20(25)12-22-16-10-18(23-9-8-21-14-23)19(11-17(16)24(26)27)29-13-15-6-4-3-5-7-15/h3-11,14,22H,2,12-13H2,1H3. The lowest BCUT2D eigenvalue weighted by Crippen LogP contribution is -2.17. The minimum atomic E-state index is -0.527. The van der Waals surface area contributed by atoms with Crippen LogP contribution in [0.3, 0.4) is 0 Å². The number of benzene rings is 2. The van der Waals surface area contributed by atoms with Crippen LogP contribution < -0.4 is 10.1 Å². The third kappa shape index (κ3) is 5.10. The number of imidazole rings is 1. The molecule has 0 aliphatic heterocycles. The summed E-state index contributed by atoms with van der Waals surface area (Å²) in [4.78, 5) is 26.7. The molecule has 9 nitrogen and oxygen atoms in total. The molecule has 1 heterocycles. The normalized spacial score (nSPS) is 10.4. The number of nitrogens with one attached hydrogen (secondary N) is 1. The Morgan fingerprint density at radius 1 is 1.28 bits per heavy atom. The molecule has 0 aliphatic rings. The second-order valence-corrected chi connectivity index (χ2v) is 6.00. The molecule has 150 valence electrons. The second-order valence-electron chi connectivity index (χ2n) is 6.00. The Labute approximate surface area is 167 Å². The van der Waals surface area contributed by atoms with Crippen LogP contribution in [0.25, 0.3) is 5.69 Å². The van der Waals surface area contributed by atoms with Gasteiger partial charge in [0.15, 0.2) is 5.75 Å². The average Bonchev–Trinajstić information content (AvgIpc) is 3.26. The highest BCUT2D eigenvalue weighted by atomic mass is 16.6. The topological polar surface area (TPSA) is 109 Å². The molecule has 9 heteroatoms. The Hall–Kier alpha value is -3.88. The number of rotatable bonds is 9. The van der Waals surface area contributed by atoms with Gasteiger partial charge >= 0.3 is 5.97 Å². The summed E-state index contributed by atoms with van der Waals surface area (Å²) in [6.07, 6.45) is 4.85. The number of carbonyl (C=O) groups excluding carboxylic acids is 1. The van der Waals surface area contributed by atoms with Crippen LogP contribution in [0.2, 0.25) is 0 Å². The highest BCUT2D eigenvalue weighted by Crippen LogP contribution is 2.35. The number of nitro groups is 1. The van der Waals surface area contributed by atoms with E-state index in [-0.39, 0.29) is 31.1 Å². The Bertz CT molecular complexity index is 974. The van der Waals surface area contributed by atoms with Gasteiger partial charge in [-0.05, 0) is 18.6 Å². The maximum absolute atomic E-state index is 11.6. The van der Waals surface area contributed by atoms with E-state index in [2.05, 4.69) is 10.3 Å². The summed E-state index contributed by atoms with van der Waals surface area (Å²) in [6.45, 7) is 1.98. The monoisotopic (exact) mass is 396 g/mol. The SMILES string of the molecule is CCOC(=O)CNc1cc(-n2ccnc2)c(OCc2ccccc2)cc1[N+](=O)[O-]. The first-order valence-corrected chi connectivity index (χ1v) is 8.95. The van der Waals surface area contributed by atoms with Gasteiger partial charge in [0.25, 0.3) is 5.69 Å². The highest BCUT2D eigenvalue weighted by molar-refractivity contribution is 5.78. The van der Waals surface area contributed by atoms with Crippen molar-refractivity contribution in [2.24, 2.45) is 0 Å². The second kappa shape index (κ2) is 9.36. The van der Waals surface area contributed by atoms with Crippen molar-refractivity contribution in [1.29, 1.82) is 0 Å². The van der Waals surface area contributed by atoms with Crippen LogP contribution >= 0.6 is 0 Å². The molecular formula is C20H20N4O5. The van der Waals surface area contributed by atoms with Crippen LogP contribution in [0.4, 0.5) is 11.4 Å². The van der Waals surface area contributed by atoms with E-state index in [0.29, 0.717) is 11.4 Å². The molecule has 0 atom stereocenters. The maximum atomic E-state index is 11.6. The summed E-state index contributed by atoms with van der Waals surface area (Å²) in [5.41, 5.74) is 1.45. The van der Waals surface area contributed by atoms with E-state index < -0.39 is 10.9 Å². The molecule has 0 saturated heterocycles. The molecule has 0 saturated carbocycles. The van der Waals surface area contributed by atoms with E-state index in [1.807, 2.05) is 30.3 Å². The van der Waals surface area contributed by atoms with Crippen molar-refractivity contribution in [3.8, 4) is 11.4 Å². The molecule has 3 rings (SSSR count). The van der Waals surface area contributed by atoms with Crippen LogP contribution in [-0.2, 0) is 16.1 Å². The summed E-state index contributed by atoms with van der Waals surface area (Å²) < 4.78 is 12.4. The van der Waals surface area contributed by atoms with Crippen molar-refractivity contribution in [3.05, 3.63) is 76.9 Å². The Balaban J connectivity index is 1.94. The molecule has 2 aromatic carbocycles. The number of esters is 1. The predicted octanol–water partition coefficient (Wildman–Crippen LogP) is 3.33. The van der Waals surface area contributed by atoms with Crippen LogP contribution in [0.15, 0.2) is 61.2 Å².